The molecule has 0 bridgehead atoms. The number of carboxylic acids is 2. The quantitative estimate of drug-likeness (QED) is 0.215. The van der Waals surface area contributed by atoms with Crippen molar-refractivity contribution in [2.45, 2.75) is 89.5 Å². The van der Waals surface area contributed by atoms with Crippen LogP contribution in [-0.4, -0.2) is 47.3 Å². The molecule has 2 fully saturated rings. The van der Waals surface area contributed by atoms with Crippen molar-refractivity contribution < 1.29 is 35.5 Å². The highest BCUT2D eigenvalue weighted by Crippen LogP contribution is 2.28. The molecule has 0 saturated heterocycles. The van der Waals surface area contributed by atoms with E-state index in [-0.39, 0.29) is 18.6 Å². The molecule has 2 atom stereocenters. The van der Waals surface area contributed by atoms with Crippen LogP contribution in [0.2, 0.25) is 0 Å². The monoisotopic (exact) mass is 568 g/mol. The first-order valence-electron chi connectivity index (χ1n) is 15.1. The van der Waals surface area contributed by atoms with Gasteiger partial charge in [0, 0.05) is 7.47 Å². The minimum absolute atomic E-state index is 0. The van der Waals surface area contributed by atoms with Crippen LogP contribution in [0.25, 0.3) is 0 Å². The topological polar surface area (TPSA) is 122 Å². The number of aryl methyl sites for hydroxylation is 1. The average molecular weight is 569 g/mol. The highest BCUT2D eigenvalue weighted by Gasteiger charge is 2.29. The van der Waals surface area contributed by atoms with Crippen LogP contribution in [0.5, 0.6) is 11.5 Å². The third-order valence-corrected chi connectivity index (χ3v) is 8.37. The van der Waals surface area contributed by atoms with Crippen molar-refractivity contribution in [1.82, 2.24) is 5.32 Å². The molecule has 8 heteroatoms. The van der Waals surface area contributed by atoms with Crippen molar-refractivity contribution in [1.29, 1.82) is 0 Å². The van der Waals surface area contributed by atoms with Crippen molar-refractivity contribution >= 4 is 17.8 Å². The molecule has 3 N–H and O–H groups in total. The number of nitrogens with one attached hydrogen (secondary N) is 1. The number of hydrogen-bond donors (Lipinski definition) is 3. The summed E-state index contributed by atoms with van der Waals surface area (Å²) in [5.41, 5.74) is 1.30. The Kier molecular flexibility index (Phi) is 11.5. The number of carbonyl (C=O) groups is 3. The number of carboxylic acid groups (broad SMARTS) is 2. The molecule has 4 rings (SSSR count). The maximum absolute atomic E-state index is 13.1. The molecule has 8 nitrogen and oxygen atoms in total. The van der Waals surface area contributed by atoms with E-state index in [2.05, 4.69) is 17.4 Å². The molecule has 2 aliphatic rings. The molecule has 0 radical (unpaired) electrons. The summed E-state index contributed by atoms with van der Waals surface area (Å²) in [7, 11) is 0. The number of benzene rings is 2. The van der Waals surface area contributed by atoms with Gasteiger partial charge < -0.3 is 25.0 Å². The first kappa shape index (κ1) is 30.4. The fraction of sp³-hybridized carbons (Fsp3) is 0.545. The molecule has 2 aliphatic carbocycles. The van der Waals surface area contributed by atoms with Crippen LogP contribution < -0.4 is 14.8 Å². The normalized spacial score (nSPS) is 19.3. The fourth-order valence-corrected chi connectivity index (χ4v) is 6.02. The van der Waals surface area contributed by atoms with Crippen molar-refractivity contribution in [3.05, 3.63) is 59.2 Å². The predicted molar refractivity (Wildman–Crippen MR) is 158 cm³/mol. The molecule has 0 aliphatic heterocycles. The average Bonchev–Trinajstić information content (AvgIpc) is 2.98. The first-order chi connectivity index (χ1) is 19.9. The molecular formula is C33H45NO7. The number of rotatable bonds is 14. The summed E-state index contributed by atoms with van der Waals surface area (Å²) < 4.78 is 11.9. The van der Waals surface area contributed by atoms with E-state index in [1.165, 1.54) is 56.7 Å². The largest absolute Gasteiger partial charge is 0.494 e. The van der Waals surface area contributed by atoms with Gasteiger partial charge in [0.05, 0.1) is 30.3 Å². The maximum atomic E-state index is 13.1. The Morgan fingerprint density at radius 1 is 0.854 bits per heavy atom. The second-order valence-corrected chi connectivity index (χ2v) is 11.5. The molecule has 1 amide bonds. The molecule has 2 aromatic rings. The Morgan fingerprint density at radius 3 is 2.34 bits per heavy atom. The van der Waals surface area contributed by atoms with E-state index in [0.29, 0.717) is 44.5 Å². The number of aromatic carboxylic acids is 1. The van der Waals surface area contributed by atoms with Crippen molar-refractivity contribution in [3.63, 3.8) is 0 Å². The number of amides is 1. The van der Waals surface area contributed by atoms with E-state index in [1.807, 2.05) is 12.1 Å². The second kappa shape index (κ2) is 15.5. The molecular weight excluding hydrogens is 522 g/mol. The van der Waals surface area contributed by atoms with Gasteiger partial charge in [-0.25, -0.2) is 4.79 Å². The molecule has 0 spiro atoms. The van der Waals surface area contributed by atoms with Gasteiger partial charge in [-0.3, -0.25) is 9.59 Å². The Bertz CT molecular complexity index is 1160. The summed E-state index contributed by atoms with van der Waals surface area (Å²) in [5, 5.41) is 21.7. The Balaban J connectivity index is 0.00000484. The summed E-state index contributed by atoms with van der Waals surface area (Å²) in [5.74, 6) is -0.847. The van der Waals surface area contributed by atoms with Crippen LogP contribution in [0.15, 0.2) is 42.5 Å². The van der Waals surface area contributed by atoms with E-state index in [1.54, 1.807) is 0 Å². The zero-order valence-electron chi connectivity index (χ0n) is 23.8. The minimum atomic E-state index is -1.13. The lowest BCUT2D eigenvalue weighted by atomic mass is 9.85. The van der Waals surface area contributed by atoms with E-state index in [4.69, 9.17) is 9.47 Å². The van der Waals surface area contributed by atoms with Gasteiger partial charge in [0.2, 0.25) is 0 Å². The number of carbonyl (C=O) groups excluding carboxylic acids is 1. The standard InChI is InChI=1S/C33H43NO7.H2/c35-31(34-27-12-4-11-25(21-27)32(36)37)29-22-26(33(38)39)15-18-30(29)41-20-6-10-24-13-16-28(17-14-24)40-19-5-9-23-7-2-1-3-8-23;/h13-18,22-23,25,27H,1-12,19-21H2,(H,34,35)(H,36,37)(H,38,39);1H/i;1+1. The summed E-state index contributed by atoms with van der Waals surface area (Å²) >= 11 is 0. The van der Waals surface area contributed by atoms with Crippen molar-refractivity contribution in [2.75, 3.05) is 13.2 Å². The molecule has 2 saturated carbocycles. The van der Waals surface area contributed by atoms with Gasteiger partial charge in [-0.1, -0.05) is 50.7 Å². The van der Waals surface area contributed by atoms with Gasteiger partial charge in [-0.2, -0.15) is 0 Å². The van der Waals surface area contributed by atoms with Crippen LogP contribution in [0.1, 0.15) is 105 Å². The smallest absolute Gasteiger partial charge is 0.335 e. The van der Waals surface area contributed by atoms with Gasteiger partial charge >= 0.3 is 11.9 Å². The number of hydrogen-bond acceptors (Lipinski definition) is 5. The van der Waals surface area contributed by atoms with Crippen molar-refractivity contribution in [2.24, 2.45) is 11.8 Å². The highest BCUT2D eigenvalue weighted by atomic mass is 16.5. The maximum Gasteiger partial charge on any atom is 0.335 e. The summed E-state index contributed by atoms with van der Waals surface area (Å²) in [4.78, 5) is 36.0. The summed E-state index contributed by atoms with van der Waals surface area (Å²) in [6.07, 6.45) is 13.1. The Labute approximate surface area is 243 Å². The molecule has 2 unspecified atom stereocenters. The van der Waals surface area contributed by atoms with Gasteiger partial charge in [0.15, 0.2) is 0 Å². The van der Waals surface area contributed by atoms with Crippen LogP contribution in [0.3, 0.4) is 0 Å². The lowest BCUT2D eigenvalue weighted by molar-refractivity contribution is -0.143. The zero-order chi connectivity index (χ0) is 29.0. The SMILES string of the molecule is O=C(O)c1ccc(OCCCc2ccc(OCCCC3CCCCC3)cc2)c(C(=O)NC2CCCC(C(=O)O)C2)c1.[2HH]. The van der Waals surface area contributed by atoms with Gasteiger partial charge in [-0.05, 0) is 86.8 Å². The predicted octanol–water partition coefficient (Wildman–Crippen LogP) is 6.75. The fourth-order valence-electron chi connectivity index (χ4n) is 6.02. The third-order valence-electron chi connectivity index (χ3n) is 8.37. The number of aliphatic carboxylic acids is 1. The van der Waals surface area contributed by atoms with Crippen molar-refractivity contribution in [3.8, 4) is 11.5 Å². The van der Waals surface area contributed by atoms with Crippen LogP contribution in [0, 0.1) is 11.8 Å². The summed E-state index contributed by atoms with van der Waals surface area (Å²) in [6.45, 7) is 1.11. The van der Waals surface area contributed by atoms with E-state index < -0.39 is 23.8 Å². The lowest BCUT2D eigenvalue weighted by Crippen LogP contribution is -2.40. The number of ether oxygens (including phenoxy) is 2. The van der Waals surface area contributed by atoms with Gasteiger partial charge in [-0.15, -0.1) is 0 Å². The van der Waals surface area contributed by atoms with E-state index in [9.17, 15) is 24.6 Å². The minimum Gasteiger partial charge on any atom is -0.494 e. The first-order valence-corrected chi connectivity index (χ1v) is 15.1. The molecule has 0 aromatic heterocycles. The van der Waals surface area contributed by atoms with Gasteiger partial charge in [0.1, 0.15) is 11.5 Å². The third kappa shape index (κ3) is 9.51. The molecule has 224 valence electrons. The highest BCUT2D eigenvalue weighted by molar-refractivity contribution is 6.00. The van der Waals surface area contributed by atoms with Crippen LogP contribution in [0.4, 0.5) is 0 Å². The molecule has 0 heterocycles. The molecule has 41 heavy (non-hydrogen) atoms. The van der Waals surface area contributed by atoms with Gasteiger partial charge in [0.25, 0.3) is 5.91 Å². The van der Waals surface area contributed by atoms with Crippen LogP contribution in [-0.2, 0) is 11.2 Å². The Hall–Kier alpha value is -3.55. The Morgan fingerprint density at radius 2 is 1.61 bits per heavy atom. The lowest BCUT2D eigenvalue weighted by Gasteiger charge is -2.27. The second-order valence-electron chi connectivity index (χ2n) is 11.5. The zero-order valence-corrected chi connectivity index (χ0v) is 23.8. The van der Waals surface area contributed by atoms with E-state index >= 15 is 0 Å². The summed E-state index contributed by atoms with van der Waals surface area (Å²) in [6, 6.07) is 12.1. The molecule has 2 aromatic carbocycles. The van der Waals surface area contributed by atoms with E-state index in [0.717, 1.165) is 36.7 Å². The van der Waals surface area contributed by atoms with Crippen LogP contribution >= 0.6 is 0 Å².